The number of hydrogen-bond acceptors (Lipinski definition) is 4. The average Bonchev–Trinajstić information content (AvgIpc) is 3.90. The van der Waals surface area contributed by atoms with Crippen molar-refractivity contribution in [2.45, 2.75) is 0 Å². The van der Waals surface area contributed by atoms with Crippen molar-refractivity contribution in [1.82, 2.24) is 19.5 Å². The largest absolute Gasteiger partial charge is 0.455 e. The minimum Gasteiger partial charge on any atom is -0.455 e. The maximum Gasteiger partial charge on any atom is 0.167 e. The highest BCUT2D eigenvalue weighted by Gasteiger charge is 2.22. The fraction of sp³-hybridized carbons (Fsp3) is 0. The monoisotopic (exact) mass is 771 g/mol. The van der Waals surface area contributed by atoms with Gasteiger partial charge in [0.05, 0.1) is 23.5 Å². The number of nitrogens with zero attached hydrogens (tertiary/aromatic N) is 4. The molecule has 280 valence electrons. The van der Waals surface area contributed by atoms with Gasteiger partial charge in [-0.25, -0.2) is 15.0 Å². The van der Waals surface area contributed by atoms with E-state index >= 15 is 0 Å². The molecular weight excluding hydrogens is 733 g/mol. The van der Waals surface area contributed by atoms with Crippen molar-refractivity contribution in [3.05, 3.63) is 206 Å². The molecule has 0 amide bonds. The molecule has 0 unspecified atom stereocenters. The zero-order valence-electron chi connectivity index (χ0n) is 36.9. The van der Waals surface area contributed by atoms with Gasteiger partial charge in [-0.2, -0.15) is 0 Å². The van der Waals surface area contributed by atoms with Crippen LogP contribution in [0.5, 0.6) is 0 Å². The molecule has 0 saturated carbocycles. The van der Waals surface area contributed by atoms with Crippen LogP contribution in [-0.2, 0) is 0 Å². The van der Waals surface area contributed by atoms with Gasteiger partial charge in [0.15, 0.2) is 17.5 Å². The van der Waals surface area contributed by atoms with Crippen molar-refractivity contribution < 1.29 is 11.3 Å². The number of aromatic nitrogens is 4. The summed E-state index contributed by atoms with van der Waals surface area (Å²) in [7, 11) is 0. The van der Waals surface area contributed by atoms with Crippen molar-refractivity contribution in [1.29, 1.82) is 0 Å². The summed E-state index contributed by atoms with van der Waals surface area (Å²) in [5.74, 6) is 0.442. The van der Waals surface area contributed by atoms with Gasteiger partial charge in [0, 0.05) is 38.4 Å². The van der Waals surface area contributed by atoms with Gasteiger partial charge in [0.1, 0.15) is 11.2 Å². The first-order chi connectivity index (χ1) is 31.8. The Morgan fingerprint density at radius 3 is 1.73 bits per heavy atom. The lowest BCUT2D eigenvalue weighted by molar-refractivity contribution is 0.669. The molecule has 0 aliphatic heterocycles. The highest BCUT2D eigenvalue weighted by molar-refractivity contribution is 6.13. The third-order valence-electron chi connectivity index (χ3n) is 11.3. The number of para-hydroxylation sites is 2. The predicted octanol–water partition coefficient (Wildman–Crippen LogP) is 14.4. The van der Waals surface area contributed by atoms with Crippen LogP contribution in [0.2, 0.25) is 0 Å². The fourth-order valence-corrected chi connectivity index (χ4v) is 8.54. The van der Waals surface area contributed by atoms with Gasteiger partial charge < -0.3 is 8.98 Å². The highest BCUT2D eigenvalue weighted by Crippen LogP contribution is 2.42. The Balaban J connectivity index is 1.16. The summed E-state index contributed by atoms with van der Waals surface area (Å²) in [6, 6.07) is 57.4. The molecule has 0 aliphatic rings. The molecule has 3 heterocycles. The van der Waals surface area contributed by atoms with Gasteiger partial charge in [0.25, 0.3) is 0 Å². The first-order valence-electron chi connectivity index (χ1n) is 22.3. The molecule has 0 fully saturated rings. The minimum absolute atomic E-state index is 0.0531. The van der Waals surface area contributed by atoms with Crippen molar-refractivity contribution >= 4 is 54.5 Å². The topological polar surface area (TPSA) is 56.7 Å². The molecule has 12 aromatic rings. The van der Waals surface area contributed by atoms with Crippen LogP contribution in [0.3, 0.4) is 0 Å². The number of benzene rings is 9. The van der Waals surface area contributed by atoms with E-state index in [1.54, 1.807) is 0 Å². The van der Waals surface area contributed by atoms with E-state index in [2.05, 4.69) is 83.4 Å². The van der Waals surface area contributed by atoms with Crippen LogP contribution in [0, 0.1) is 0 Å². The summed E-state index contributed by atoms with van der Waals surface area (Å²) >= 11 is 0. The van der Waals surface area contributed by atoms with E-state index in [1.807, 2.05) is 97.1 Å². The predicted molar refractivity (Wildman–Crippen MR) is 246 cm³/mol. The molecule has 0 radical (unpaired) electrons. The summed E-state index contributed by atoms with van der Waals surface area (Å²) in [4.78, 5) is 15.1. The van der Waals surface area contributed by atoms with E-state index in [9.17, 15) is 0 Å². The zero-order valence-corrected chi connectivity index (χ0v) is 31.9. The summed E-state index contributed by atoms with van der Waals surface area (Å²) in [5.41, 5.74) is 9.53. The second-order valence-electron chi connectivity index (χ2n) is 14.8. The third kappa shape index (κ3) is 5.59. The van der Waals surface area contributed by atoms with E-state index in [0.29, 0.717) is 22.3 Å². The molecule has 9 aromatic carbocycles. The molecular formula is C55H34N4O. The van der Waals surface area contributed by atoms with Crippen LogP contribution in [-0.4, -0.2) is 19.5 Å². The van der Waals surface area contributed by atoms with E-state index < -0.39 is 30.2 Å². The third-order valence-corrected chi connectivity index (χ3v) is 11.3. The smallest absolute Gasteiger partial charge is 0.167 e. The van der Waals surface area contributed by atoms with Crippen LogP contribution in [0.15, 0.2) is 211 Å². The van der Waals surface area contributed by atoms with Gasteiger partial charge >= 0.3 is 0 Å². The highest BCUT2D eigenvalue weighted by atomic mass is 16.3. The maximum absolute atomic E-state index is 8.99. The molecule has 5 nitrogen and oxygen atoms in total. The van der Waals surface area contributed by atoms with E-state index in [-0.39, 0.29) is 23.0 Å². The number of rotatable bonds is 6. The van der Waals surface area contributed by atoms with Gasteiger partial charge in [-0.3, -0.25) is 0 Å². The van der Waals surface area contributed by atoms with Gasteiger partial charge in [-0.15, -0.1) is 0 Å². The van der Waals surface area contributed by atoms with E-state index in [1.165, 1.54) is 0 Å². The second kappa shape index (κ2) is 13.8. The van der Waals surface area contributed by atoms with Crippen molar-refractivity contribution in [3.63, 3.8) is 0 Å². The maximum atomic E-state index is 8.99. The first kappa shape index (κ1) is 29.1. The Morgan fingerprint density at radius 1 is 0.400 bits per heavy atom. The molecule has 0 bridgehead atoms. The minimum atomic E-state index is -0.498. The van der Waals surface area contributed by atoms with E-state index in [4.69, 9.17) is 26.2 Å². The van der Waals surface area contributed by atoms with Crippen molar-refractivity contribution in [2.75, 3.05) is 0 Å². The summed E-state index contributed by atoms with van der Waals surface area (Å²) in [5, 5.41) is 5.78. The molecule has 0 aliphatic carbocycles. The Hall–Kier alpha value is -8.15. The number of furan rings is 1. The van der Waals surface area contributed by atoms with E-state index in [0.717, 1.165) is 71.3 Å². The van der Waals surface area contributed by atoms with Crippen LogP contribution >= 0.6 is 0 Å². The molecule has 5 heteroatoms. The quantitative estimate of drug-likeness (QED) is 0.169. The van der Waals surface area contributed by atoms with Crippen LogP contribution in [0.1, 0.15) is 6.85 Å². The molecule has 3 aromatic heterocycles. The van der Waals surface area contributed by atoms with Gasteiger partial charge in [-0.1, -0.05) is 170 Å². The lowest BCUT2D eigenvalue weighted by Gasteiger charge is -2.13. The Morgan fingerprint density at radius 2 is 0.983 bits per heavy atom. The molecule has 12 rings (SSSR count). The van der Waals surface area contributed by atoms with Crippen LogP contribution in [0.25, 0.3) is 117 Å². The lowest BCUT2D eigenvalue weighted by atomic mass is 9.98. The lowest BCUT2D eigenvalue weighted by Crippen LogP contribution is -2.02. The van der Waals surface area contributed by atoms with Crippen LogP contribution < -0.4 is 0 Å². The van der Waals surface area contributed by atoms with Gasteiger partial charge in [-0.05, 0) is 69.4 Å². The SMILES string of the molecule is [2H]c1c([2H])c([2H])c(-c2nc(-c3cccc4ccccc34)nc(-c3cc(-n4c5ccccc5c5ccccc54)cc4c3oc3ccc(-c5ccc(-c6ccccc6)cc5)cc34)n2)c([2H])c1[2H]. The van der Waals surface area contributed by atoms with Crippen LogP contribution in [0.4, 0.5) is 0 Å². The number of hydrogen-bond donors (Lipinski definition) is 0. The Kier molecular flexibility index (Phi) is 6.68. The Labute approximate surface area is 352 Å². The zero-order chi connectivity index (χ0) is 43.9. The van der Waals surface area contributed by atoms with Crippen molar-refractivity contribution in [3.8, 4) is 62.1 Å². The molecule has 0 atom stereocenters. The average molecular weight is 772 g/mol. The summed E-state index contributed by atoms with van der Waals surface area (Å²) in [6.45, 7) is 0. The summed E-state index contributed by atoms with van der Waals surface area (Å²) < 4.78 is 52.6. The molecule has 60 heavy (non-hydrogen) atoms. The number of fused-ring (bicyclic) bond motifs is 7. The normalized spacial score (nSPS) is 12.8. The first-order valence-corrected chi connectivity index (χ1v) is 19.8. The summed E-state index contributed by atoms with van der Waals surface area (Å²) in [6.07, 6.45) is 0. The fourth-order valence-electron chi connectivity index (χ4n) is 8.54. The Bertz CT molecular complexity index is 3810. The van der Waals surface area contributed by atoms with Gasteiger partial charge in [0.2, 0.25) is 0 Å². The van der Waals surface area contributed by atoms with Crippen molar-refractivity contribution in [2.24, 2.45) is 0 Å². The standard InChI is InChI=1S/C55H34N4O/c1-3-14-35(15-4-1)36-26-28-37(29-27-36)40-30-31-51-46(32-40)47-33-41(59-49-24-11-9-21-43(49)44-22-10-12-25-50(44)59)34-48(52(47)60-51)55-57-53(39-17-5-2-6-18-39)56-54(58-55)45-23-13-19-38-16-7-8-20-42(38)45/h1-34H/i2D,5D,6D,17D,18D. The second-order valence-corrected chi connectivity index (χ2v) is 14.8. The molecule has 0 spiro atoms. The molecule has 0 N–H and O–H groups in total. The molecule has 0 saturated heterocycles.